The van der Waals surface area contributed by atoms with Crippen LogP contribution < -0.4 is 9.47 Å². The molecule has 2 atom stereocenters. The number of nitrogens with zero attached hydrogens (tertiary/aromatic N) is 2. The number of carbonyl (C=O) groups is 1. The molecule has 2 aliphatic rings. The third kappa shape index (κ3) is 4.07. The van der Waals surface area contributed by atoms with Crippen LogP contribution in [0.4, 0.5) is 0 Å². The summed E-state index contributed by atoms with van der Waals surface area (Å²) in [6.07, 6.45) is 2.80. The molecule has 174 valence electrons. The fourth-order valence-electron chi connectivity index (χ4n) is 5.35. The minimum Gasteiger partial charge on any atom is -0.493 e. The smallest absolute Gasteiger partial charge is 0.237 e. The van der Waals surface area contributed by atoms with Gasteiger partial charge in [-0.1, -0.05) is 13.0 Å². The minimum atomic E-state index is 0.0408. The number of amides is 1. The first kappa shape index (κ1) is 22.4. The van der Waals surface area contributed by atoms with Crippen molar-refractivity contribution in [2.24, 2.45) is 0 Å². The first-order valence-electron chi connectivity index (χ1n) is 11.5. The summed E-state index contributed by atoms with van der Waals surface area (Å²) in [6, 6.07) is 10.9. The minimum absolute atomic E-state index is 0.0408. The average Bonchev–Trinajstić information content (AvgIpc) is 3.54. The maximum Gasteiger partial charge on any atom is 0.237 e. The molecular weight excluding hydrogens is 452 g/mol. The predicted octanol–water partition coefficient (Wildman–Crippen LogP) is 5.31. The second-order valence-electron chi connectivity index (χ2n) is 8.60. The molecule has 0 bridgehead atoms. The maximum absolute atomic E-state index is 13.7. The Morgan fingerprint density at radius 1 is 1.03 bits per heavy atom. The quantitative estimate of drug-likeness (QED) is 0.478. The molecule has 0 saturated heterocycles. The standard InChI is InChI=1S/C26H30N2O3S2/c1-4-20-18-9-13-33-23(18)8-11-28(20)25(29)16-27-10-7-17-14-21(30-2)22(31-3)15-19(17)26(27)24-6-5-12-32-24/h5-6,9,12-15,20,26H,4,7-8,10-11,16H2,1-3H3. The van der Waals surface area contributed by atoms with Crippen LogP contribution in [-0.2, 0) is 17.6 Å². The third-order valence-electron chi connectivity index (χ3n) is 6.93. The molecular formula is C26H30N2O3S2. The number of rotatable bonds is 6. The zero-order valence-electron chi connectivity index (χ0n) is 19.4. The van der Waals surface area contributed by atoms with Gasteiger partial charge in [-0.05, 0) is 71.0 Å². The Kier molecular flexibility index (Phi) is 6.45. The van der Waals surface area contributed by atoms with E-state index >= 15 is 0 Å². The highest BCUT2D eigenvalue weighted by Gasteiger charge is 2.35. The summed E-state index contributed by atoms with van der Waals surface area (Å²) in [5.41, 5.74) is 3.82. The molecule has 1 aromatic carbocycles. The lowest BCUT2D eigenvalue weighted by Gasteiger charge is -2.40. The van der Waals surface area contributed by atoms with Crippen molar-refractivity contribution < 1.29 is 14.3 Å². The molecule has 7 heteroatoms. The summed E-state index contributed by atoms with van der Waals surface area (Å²) >= 11 is 3.56. The van der Waals surface area contributed by atoms with Crippen molar-refractivity contribution >= 4 is 28.6 Å². The van der Waals surface area contributed by atoms with Gasteiger partial charge in [-0.3, -0.25) is 9.69 Å². The molecule has 0 fully saturated rings. The fourth-order valence-corrected chi connectivity index (χ4v) is 7.15. The molecule has 0 saturated carbocycles. The van der Waals surface area contributed by atoms with Crippen molar-refractivity contribution in [1.29, 1.82) is 0 Å². The van der Waals surface area contributed by atoms with E-state index in [-0.39, 0.29) is 18.0 Å². The van der Waals surface area contributed by atoms with Crippen LogP contribution in [0.1, 0.15) is 51.9 Å². The van der Waals surface area contributed by atoms with Crippen molar-refractivity contribution in [1.82, 2.24) is 9.80 Å². The van der Waals surface area contributed by atoms with E-state index in [1.807, 2.05) is 11.3 Å². The summed E-state index contributed by atoms with van der Waals surface area (Å²) in [7, 11) is 3.35. The van der Waals surface area contributed by atoms with E-state index < -0.39 is 0 Å². The average molecular weight is 483 g/mol. The number of carbonyl (C=O) groups excluding carboxylic acids is 1. The van der Waals surface area contributed by atoms with Gasteiger partial charge in [-0.2, -0.15) is 0 Å². The topological polar surface area (TPSA) is 42.0 Å². The van der Waals surface area contributed by atoms with E-state index in [1.165, 1.54) is 26.4 Å². The van der Waals surface area contributed by atoms with Crippen molar-refractivity contribution in [2.45, 2.75) is 38.3 Å². The van der Waals surface area contributed by atoms with E-state index in [2.05, 4.69) is 57.8 Å². The summed E-state index contributed by atoms with van der Waals surface area (Å²) < 4.78 is 11.2. The molecule has 4 heterocycles. The molecule has 3 aromatic rings. The number of thiophene rings is 2. The zero-order chi connectivity index (χ0) is 22.9. The predicted molar refractivity (Wildman–Crippen MR) is 134 cm³/mol. The number of fused-ring (bicyclic) bond motifs is 2. The number of benzene rings is 1. The van der Waals surface area contributed by atoms with Gasteiger partial charge in [0.2, 0.25) is 5.91 Å². The van der Waals surface area contributed by atoms with Crippen LogP contribution in [-0.4, -0.2) is 49.6 Å². The fraction of sp³-hybridized carbons (Fsp3) is 0.423. The van der Waals surface area contributed by atoms with Gasteiger partial charge in [0, 0.05) is 22.8 Å². The second kappa shape index (κ2) is 9.49. The van der Waals surface area contributed by atoms with Crippen LogP contribution >= 0.6 is 22.7 Å². The number of ether oxygens (including phenoxy) is 2. The molecule has 2 aliphatic heterocycles. The maximum atomic E-state index is 13.7. The normalized spacial score (nSPS) is 20.3. The number of hydrogen-bond acceptors (Lipinski definition) is 6. The first-order chi connectivity index (χ1) is 16.1. The van der Waals surface area contributed by atoms with Gasteiger partial charge in [0.1, 0.15) is 0 Å². The highest BCUT2D eigenvalue weighted by Crippen LogP contribution is 2.42. The monoisotopic (exact) mass is 482 g/mol. The van der Waals surface area contributed by atoms with Crippen LogP contribution in [0.2, 0.25) is 0 Å². The molecule has 2 unspecified atom stereocenters. The molecule has 5 rings (SSSR count). The van der Waals surface area contributed by atoms with E-state index in [4.69, 9.17) is 9.47 Å². The molecule has 5 nitrogen and oxygen atoms in total. The van der Waals surface area contributed by atoms with Crippen molar-refractivity contribution in [3.63, 3.8) is 0 Å². The van der Waals surface area contributed by atoms with Crippen LogP contribution in [0, 0.1) is 0 Å². The third-order valence-corrected chi connectivity index (χ3v) is 8.85. The molecule has 1 amide bonds. The van der Waals surface area contributed by atoms with Gasteiger partial charge in [-0.25, -0.2) is 0 Å². The lowest BCUT2D eigenvalue weighted by atomic mass is 9.90. The summed E-state index contributed by atoms with van der Waals surface area (Å²) in [4.78, 5) is 20.8. The Bertz CT molecular complexity index is 1120. The highest BCUT2D eigenvalue weighted by atomic mass is 32.1. The van der Waals surface area contributed by atoms with Crippen molar-refractivity contribution in [3.05, 3.63) is 67.5 Å². The molecule has 33 heavy (non-hydrogen) atoms. The molecule has 0 aliphatic carbocycles. The Labute approximate surface area is 203 Å². The van der Waals surface area contributed by atoms with Gasteiger partial charge >= 0.3 is 0 Å². The van der Waals surface area contributed by atoms with E-state index in [9.17, 15) is 4.79 Å². The Morgan fingerprint density at radius 3 is 2.58 bits per heavy atom. The van der Waals surface area contributed by atoms with Crippen LogP contribution in [0.15, 0.2) is 41.1 Å². The summed E-state index contributed by atoms with van der Waals surface area (Å²) in [5, 5.41) is 4.28. The molecule has 2 aromatic heterocycles. The summed E-state index contributed by atoms with van der Waals surface area (Å²) in [5.74, 6) is 1.72. The molecule has 0 N–H and O–H groups in total. The second-order valence-corrected chi connectivity index (χ2v) is 10.6. The van der Waals surface area contributed by atoms with E-state index in [0.29, 0.717) is 6.54 Å². The number of hydrogen-bond donors (Lipinski definition) is 0. The van der Waals surface area contributed by atoms with Crippen LogP contribution in [0.25, 0.3) is 0 Å². The van der Waals surface area contributed by atoms with Gasteiger partial charge in [-0.15, -0.1) is 22.7 Å². The lowest BCUT2D eigenvalue weighted by Crippen LogP contribution is -2.47. The van der Waals surface area contributed by atoms with Gasteiger partial charge in [0.15, 0.2) is 11.5 Å². The largest absolute Gasteiger partial charge is 0.493 e. The molecule has 0 radical (unpaired) electrons. The summed E-state index contributed by atoms with van der Waals surface area (Å²) in [6.45, 7) is 4.25. The zero-order valence-corrected chi connectivity index (χ0v) is 21.0. The molecule has 0 spiro atoms. The van der Waals surface area contributed by atoms with Crippen molar-refractivity contribution in [2.75, 3.05) is 33.9 Å². The van der Waals surface area contributed by atoms with E-state index in [1.54, 1.807) is 25.6 Å². The Morgan fingerprint density at radius 2 is 1.85 bits per heavy atom. The SMILES string of the molecule is CCC1c2ccsc2CCN1C(=O)CN1CCc2cc(OC)c(OC)cc2C1c1cccs1. The van der Waals surface area contributed by atoms with E-state index in [0.717, 1.165) is 43.9 Å². The number of methoxy groups -OCH3 is 2. The Hall–Kier alpha value is -2.35. The Balaban J connectivity index is 1.45. The van der Waals surface area contributed by atoms with Gasteiger partial charge in [0.25, 0.3) is 0 Å². The van der Waals surface area contributed by atoms with Gasteiger partial charge < -0.3 is 14.4 Å². The lowest BCUT2D eigenvalue weighted by molar-refractivity contribution is -0.136. The van der Waals surface area contributed by atoms with Crippen LogP contribution in [0.5, 0.6) is 11.5 Å². The first-order valence-corrected chi connectivity index (χ1v) is 13.3. The van der Waals surface area contributed by atoms with Crippen molar-refractivity contribution in [3.8, 4) is 11.5 Å². The van der Waals surface area contributed by atoms with Crippen LogP contribution in [0.3, 0.4) is 0 Å². The highest BCUT2D eigenvalue weighted by molar-refractivity contribution is 7.10. The van der Waals surface area contributed by atoms with Gasteiger partial charge in [0.05, 0.1) is 32.8 Å².